The number of amides is 2. The third-order valence-electron chi connectivity index (χ3n) is 5.27. The molecule has 3 rings (SSSR count). The van der Waals surface area contributed by atoms with Crippen molar-refractivity contribution in [1.82, 2.24) is 14.5 Å². The molecule has 154 valence electrons. The predicted octanol–water partition coefficient (Wildman–Crippen LogP) is 3.55. The van der Waals surface area contributed by atoms with Crippen LogP contribution < -0.4 is 5.32 Å². The van der Waals surface area contributed by atoms with Crippen LogP contribution in [0.15, 0.2) is 24.3 Å². The Balaban J connectivity index is 1.85. The third-order valence-corrected chi connectivity index (χ3v) is 5.27. The molecule has 0 atom stereocenters. The lowest BCUT2D eigenvalue weighted by atomic mass is 10.1. The summed E-state index contributed by atoms with van der Waals surface area (Å²) in [6.07, 6.45) is 4.60. The highest BCUT2D eigenvalue weighted by atomic mass is 16.2. The molecule has 7 heteroatoms. The summed E-state index contributed by atoms with van der Waals surface area (Å²) in [7, 11) is 1.78. The van der Waals surface area contributed by atoms with Crippen molar-refractivity contribution < 1.29 is 14.4 Å². The first-order valence-electron chi connectivity index (χ1n) is 10.2. The van der Waals surface area contributed by atoms with Crippen LogP contribution in [0.3, 0.4) is 0 Å². The van der Waals surface area contributed by atoms with E-state index in [0.717, 1.165) is 37.8 Å². The number of hydrogen-bond donors (Lipinski definition) is 1. The number of unbranched alkanes of at least 4 members (excludes halogenated alkanes) is 1. The summed E-state index contributed by atoms with van der Waals surface area (Å²) in [5, 5.41) is 2.84. The summed E-state index contributed by atoms with van der Waals surface area (Å²) in [5.74, 6) is -0.162. The fraction of sp³-hybridized carbons (Fsp3) is 0.455. The Kier molecular flexibility index (Phi) is 6.46. The van der Waals surface area contributed by atoms with E-state index < -0.39 is 0 Å². The third kappa shape index (κ3) is 4.55. The summed E-state index contributed by atoms with van der Waals surface area (Å²) in [4.78, 5) is 43.4. The Hall–Kier alpha value is -2.96. The van der Waals surface area contributed by atoms with Gasteiger partial charge in [0.25, 0.3) is 11.8 Å². The van der Waals surface area contributed by atoms with E-state index in [4.69, 9.17) is 0 Å². The van der Waals surface area contributed by atoms with Gasteiger partial charge < -0.3 is 14.8 Å². The molecule has 0 spiro atoms. The zero-order valence-corrected chi connectivity index (χ0v) is 17.3. The highest BCUT2D eigenvalue weighted by Crippen LogP contribution is 2.23. The van der Waals surface area contributed by atoms with Crippen LogP contribution in [0.2, 0.25) is 0 Å². The largest absolute Gasteiger partial charge is 0.339 e. The molecule has 1 aliphatic rings. The lowest BCUT2D eigenvalue weighted by Gasteiger charge is -2.20. The maximum atomic E-state index is 12.9. The molecule has 0 bridgehead atoms. The number of benzene rings is 1. The molecular weight excluding hydrogens is 368 g/mol. The number of carbonyl (C=O) groups excluding carboxylic acids is 3. The van der Waals surface area contributed by atoms with Crippen molar-refractivity contribution in [3.05, 3.63) is 47.0 Å². The fourth-order valence-corrected chi connectivity index (χ4v) is 3.53. The van der Waals surface area contributed by atoms with Gasteiger partial charge in [-0.25, -0.2) is 4.98 Å². The maximum absolute atomic E-state index is 12.9. The number of anilines is 1. The Morgan fingerprint density at radius 3 is 2.55 bits per heavy atom. The highest BCUT2D eigenvalue weighted by Gasteiger charge is 2.28. The predicted molar refractivity (Wildman–Crippen MR) is 111 cm³/mol. The highest BCUT2D eigenvalue weighted by molar-refractivity contribution is 6.05. The second kappa shape index (κ2) is 9.03. The standard InChI is InChI=1S/C22H28N4O3/c1-4-5-13-25(3)22(29)20-24-19(18-8-6-7-14-26(18)20)21(28)23-17-11-9-16(10-12-17)15(2)27/h9-12H,4-8,13-14H2,1-3H3,(H,23,28). The topological polar surface area (TPSA) is 84.3 Å². The zero-order valence-electron chi connectivity index (χ0n) is 17.3. The van der Waals surface area contributed by atoms with Gasteiger partial charge in [-0.1, -0.05) is 13.3 Å². The molecule has 29 heavy (non-hydrogen) atoms. The van der Waals surface area contributed by atoms with Gasteiger partial charge in [-0.3, -0.25) is 14.4 Å². The van der Waals surface area contributed by atoms with Gasteiger partial charge in [-0.2, -0.15) is 0 Å². The number of aromatic nitrogens is 2. The quantitative estimate of drug-likeness (QED) is 0.726. The Morgan fingerprint density at radius 1 is 1.17 bits per heavy atom. The van der Waals surface area contributed by atoms with E-state index in [1.807, 2.05) is 4.57 Å². The first-order valence-corrected chi connectivity index (χ1v) is 10.2. The van der Waals surface area contributed by atoms with E-state index in [1.54, 1.807) is 36.2 Å². The molecule has 7 nitrogen and oxygen atoms in total. The van der Waals surface area contributed by atoms with E-state index in [0.29, 0.717) is 35.9 Å². The molecule has 1 aromatic heterocycles. The SMILES string of the molecule is CCCCN(C)C(=O)c1nc(C(=O)Nc2ccc(C(C)=O)cc2)c2n1CCCC2. The minimum absolute atomic E-state index is 0.0265. The van der Waals surface area contributed by atoms with Crippen molar-refractivity contribution in [3.8, 4) is 0 Å². The molecule has 1 aromatic carbocycles. The van der Waals surface area contributed by atoms with Gasteiger partial charge in [0.1, 0.15) is 0 Å². The number of hydrogen-bond acceptors (Lipinski definition) is 4. The van der Waals surface area contributed by atoms with Crippen LogP contribution in [0, 0.1) is 0 Å². The van der Waals surface area contributed by atoms with Crippen LogP contribution in [0.5, 0.6) is 0 Å². The van der Waals surface area contributed by atoms with E-state index in [1.165, 1.54) is 6.92 Å². The van der Waals surface area contributed by atoms with Crippen molar-refractivity contribution in [2.24, 2.45) is 0 Å². The van der Waals surface area contributed by atoms with Gasteiger partial charge in [0.05, 0.1) is 5.69 Å². The zero-order chi connectivity index (χ0) is 21.0. The molecule has 0 radical (unpaired) electrons. The molecule has 1 N–H and O–H groups in total. The number of carbonyl (C=O) groups is 3. The Morgan fingerprint density at radius 2 is 1.90 bits per heavy atom. The Bertz CT molecular complexity index is 915. The molecule has 1 aliphatic heterocycles. The van der Waals surface area contributed by atoms with Crippen LogP contribution >= 0.6 is 0 Å². The number of fused-ring (bicyclic) bond motifs is 1. The summed E-state index contributed by atoms with van der Waals surface area (Å²) in [6, 6.07) is 6.75. The molecule has 2 heterocycles. The van der Waals surface area contributed by atoms with Gasteiger partial charge in [-0.05, 0) is 56.9 Å². The first-order chi connectivity index (χ1) is 13.9. The Labute approximate surface area is 171 Å². The lowest BCUT2D eigenvalue weighted by molar-refractivity contribution is 0.0775. The van der Waals surface area contributed by atoms with E-state index in [-0.39, 0.29) is 17.6 Å². The second-order valence-corrected chi connectivity index (χ2v) is 7.51. The number of ketones is 1. The van der Waals surface area contributed by atoms with Gasteiger partial charge in [0.15, 0.2) is 17.3 Å². The molecule has 0 fully saturated rings. The van der Waals surface area contributed by atoms with Gasteiger partial charge in [0.2, 0.25) is 0 Å². The van der Waals surface area contributed by atoms with Crippen LogP contribution in [-0.4, -0.2) is 45.6 Å². The first kappa shape index (κ1) is 20.8. The van der Waals surface area contributed by atoms with Crippen LogP contribution in [-0.2, 0) is 13.0 Å². The van der Waals surface area contributed by atoms with Crippen LogP contribution in [0.1, 0.15) is 76.7 Å². The van der Waals surface area contributed by atoms with Crippen molar-refractivity contribution in [1.29, 1.82) is 0 Å². The number of nitrogens with one attached hydrogen (secondary N) is 1. The average Bonchev–Trinajstić information content (AvgIpc) is 3.11. The smallest absolute Gasteiger partial charge is 0.289 e. The van der Waals surface area contributed by atoms with E-state index >= 15 is 0 Å². The van der Waals surface area contributed by atoms with Crippen LogP contribution in [0.4, 0.5) is 5.69 Å². The maximum Gasteiger partial charge on any atom is 0.289 e. The van der Waals surface area contributed by atoms with Gasteiger partial charge >= 0.3 is 0 Å². The van der Waals surface area contributed by atoms with Crippen LogP contribution in [0.25, 0.3) is 0 Å². The van der Waals surface area contributed by atoms with Gasteiger partial charge in [0, 0.05) is 31.4 Å². The minimum atomic E-state index is -0.332. The van der Waals surface area contributed by atoms with Crippen molar-refractivity contribution >= 4 is 23.3 Å². The number of rotatable bonds is 7. The molecule has 2 amide bonds. The molecule has 0 unspecified atom stereocenters. The summed E-state index contributed by atoms with van der Waals surface area (Å²) < 4.78 is 1.90. The molecule has 0 saturated carbocycles. The minimum Gasteiger partial charge on any atom is -0.339 e. The number of Topliss-reactive ketones (excluding diaryl/α,β-unsaturated/α-hetero) is 1. The average molecular weight is 396 g/mol. The van der Waals surface area contributed by atoms with Crippen molar-refractivity contribution in [2.45, 2.75) is 52.5 Å². The fourth-order valence-electron chi connectivity index (χ4n) is 3.53. The van der Waals surface area contributed by atoms with E-state index in [2.05, 4.69) is 17.2 Å². The second-order valence-electron chi connectivity index (χ2n) is 7.51. The lowest BCUT2D eigenvalue weighted by Crippen LogP contribution is -2.31. The van der Waals surface area contributed by atoms with Crippen molar-refractivity contribution in [2.75, 3.05) is 18.9 Å². The molecule has 0 aliphatic carbocycles. The summed E-state index contributed by atoms with van der Waals surface area (Å²) >= 11 is 0. The number of imidazole rings is 1. The van der Waals surface area contributed by atoms with Crippen molar-refractivity contribution in [3.63, 3.8) is 0 Å². The molecular formula is C22H28N4O3. The summed E-state index contributed by atoms with van der Waals surface area (Å²) in [6.45, 7) is 4.95. The normalized spacial score (nSPS) is 12.9. The summed E-state index contributed by atoms with van der Waals surface area (Å²) in [5.41, 5.74) is 2.31. The molecule has 2 aromatic rings. The van der Waals surface area contributed by atoms with Gasteiger partial charge in [-0.15, -0.1) is 0 Å². The molecule has 0 saturated heterocycles. The van der Waals surface area contributed by atoms with E-state index in [9.17, 15) is 14.4 Å². The monoisotopic (exact) mass is 396 g/mol. The number of nitrogens with zero attached hydrogens (tertiary/aromatic N) is 3.